The lowest BCUT2D eigenvalue weighted by Crippen LogP contribution is -2.49. The minimum atomic E-state index is -0.951. The van der Waals surface area contributed by atoms with Gasteiger partial charge in [0.15, 0.2) is 0 Å². The van der Waals surface area contributed by atoms with E-state index in [1.165, 1.54) is 0 Å². The third-order valence-corrected chi connectivity index (χ3v) is 4.23. The summed E-state index contributed by atoms with van der Waals surface area (Å²) < 4.78 is 0. The molecular weight excluding hydrogens is 310 g/mol. The number of H-pyrrole nitrogens is 1. The maximum atomic E-state index is 12.4. The molecule has 126 valence electrons. The smallest absolute Gasteiger partial charge is 0.268 e. The van der Waals surface area contributed by atoms with Crippen LogP contribution in [-0.4, -0.2) is 58.8 Å². The Morgan fingerprint density at radius 3 is 2.71 bits per heavy atom. The first kappa shape index (κ1) is 16.2. The average molecular weight is 329 g/mol. The van der Waals surface area contributed by atoms with E-state index in [1.54, 1.807) is 29.2 Å². The lowest BCUT2D eigenvalue weighted by atomic mass is 10.2. The van der Waals surface area contributed by atoms with Gasteiger partial charge in [-0.1, -0.05) is 0 Å². The van der Waals surface area contributed by atoms with Gasteiger partial charge in [-0.2, -0.15) is 0 Å². The number of hydrogen-bond donors (Lipinski definition) is 3. The van der Waals surface area contributed by atoms with E-state index in [9.17, 15) is 19.5 Å². The number of carbonyl (C=O) groups excluding carboxylic acids is 3. The Bertz CT molecular complexity index is 777. The lowest BCUT2D eigenvalue weighted by Gasteiger charge is -2.22. The van der Waals surface area contributed by atoms with E-state index in [0.29, 0.717) is 18.7 Å². The predicted octanol–water partition coefficient (Wildman–Crippen LogP) is 0.693. The maximum Gasteiger partial charge on any atom is 0.268 e. The predicted molar refractivity (Wildman–Crippen MR) is 87.8 cm³/mol. The number of rotatable bonds is 5. The number of aliphatic hydroxyl groups is 1. The Kier molecular flexibility index (Phi) is 4.61. The van der Waals surface area contributed by atoms with Gasteiger partial charge < -0.3 is 20.3 Å². The molecule has 2 aromatic rings. The second-order valence-corrected chi connectivity index (χ2v) is 5.89. The third-order valence-electron chi connectivity index (χ3n) is 4.23. The molecule has 1 atom stereocenters. The highest BCUT2D eigenvalue weighted by Gasteiger charge is 2.27. The molecule has 0 spiro atoms. The third kappa shape index (κ3) is 3.16. The van der Waals surface area contributed by atoms with Crippen molar-refractivity contribution in [1.29, 1.82) is 0 Å². The molecule has 2 amide bonds. The number of carbonyl (C=O) groups is 3. The van der Waals surface area contributed by atoms with Crippen LogP contribution in [-0.2, 0) is 4.79 Å². The molecule has 7 heteroatoms. The van der Waals surface area contributed by atoms with Crippen molar-refractivity contribution < 1.29 is 19.5 Å². The zero-order valence-electron chi connectivity index (χ0n) is 13.1. The molecule has 7 nitrogen and oxygen atoms in total. The second kappa shape index (κ2) is 6.84. The summed E-state index contributed by atoms with van der Waals surface area (Å²) in [6.45, 7) is 0.870. The van der Waals surface area contributed by atoms with Gasteiger partial charge in [0.25, 0.3) is 5.91 Å². The standard InChI is InChI=1S/C17H19N3O4/c21-9-11-3-4-13-12(7-11)8-14(18-13)16(23)19-15(10-22)17(24)20-5-1-2-6-20/h3-4,7-9,15,18,22H,1-2,5-6,10H2,(H,19,23). The number of benzene rings is 1. The summed E-state index contributed by atoms with van der Waals surface area (Å²) in [4.78, 5) is 40.1. The van der Waals surface area contributed by atoms with Crippen LogP contribution in [0.4, 0.5) is 0 Å². The van der Waals surface area contributed by atoms with Gasteiger partial charge in [-0.3, -0.25) is 14.4 Å². The van der Waals surface area contributed by atoms with Crippen molar-refractivity contribution in [3.05, 3.63) is 35.5 Å². The van der Waals surface area contributed by atoms with Gasteiger partial charge in [0.05, 0.1) is 6.61 Å². The summed E-state index contributed by atoms with van der Waals surface area (Å²) in [6, 6.07) is 5.71. The molecule has 1 aliphatic heterocycles. The molecular formula is C17H19N3O4. The molecule has 0 saturated carbocycles. The van der Waals surface area contributed by atoms with Gasteiger partial charge in [0.2, 0.25) is 5.91 Å². The molecule has 1 unspecified atom stereocenters. The number of likely N-dealkylation sites (tertiary alicyclic amines) is 1. The molecule has 1 aromatic heterocycles. The topological polar surface area (TPSA) is 102 Å². The number of nitrogens with zero attached hydrogens (tertiary/aromatic N) is 1. The van der Waals surface area contributed by atoms with Crippen LogP contribution in [0.15, 0.2) is 24.3 Å². The van der Waals surface area contributed by atoms with E-state index in [-0.39, 0.29) is 11.6 Å². The van der Waals surface area contributed by atoms with Gasteiger partial charge in [0.1, 0.15) is 18.0 Å². The lowest BCUT2D eigenvalue weighted by molar-refractivity contribution is -0.133. The maximum absolute atomic E-state index is 12.4. The second-order valence-electron chi connectivity index (χ2n) is 5.89. The van der Waals surface area contributed by atoms with Crippen molar-refractivity contribution in [2.24, 2.45) is 0 Å². The van der Waals surface area contributed by atoms with Gasteiger partial charge in [-0.25, -0.2) is 0 Å². The molecule has 1 aliphatic rings. The van der Waals surface area contributed by atoms with Crippen LogP contribution in [0.1, 0.15) is 33.7 Å². The van der Waals surface area contributed by atoms with E-state index in [0.717, 1.165) is 30.0 Å². The first-order valence-corrected chi connectivity index (χ1v) is 7.91. The summed E-state index contributed by atoms with van der Waals surface area (Å²) in [5.74, 6) is -0.729. The summed E-state index contributed by atoms with van der Waals surface area (Å²) in [5.41, 5.74) is 1.52. The molecule has 0 aliphatic carbocycles. The molecule has 3 rings (SSSR count). The zero-order chi connectivity index (χ0) is 17.1. The van der Waals surface area contributed by atoms with Crippen molar-refractivity contribution in [3.63, 3.8) is 0 Å². The number of aromatic amines is 1. The van der Waals surface area contributed by atoms with E-state index in [1.807, 2.05) is 0 Å². The van der Waals surface area contributed by atoms with Gasteiger partial charge >= 0.3 is 0 Å². The normalized spacial score (nSPS) is 15.5. The molecule has 1 saturated heterocycles. The summed E-state index contributed by atoms with van der Waals surface area (Å²) in [7, 11) is 0. The number of fused-ring (bicyclic) bond motifs is 1. The minimum absolute atomic E-state index is 0.261. The van der Waals surface area contributed by atoms with Crippen LogP contribution in [0.3, 0.4) is 0 Å². The Labute approximate surface area is 138 Å². The Hall–Kier alpha value is -2.67. The van der Waals surface area contributed by atoms with Crippen LogP contribution in [0.2, 0.25) is 0 Å². The van der Waals surface area contributed by atoms with Crippen LogP contribution in [0, 0.1) is 0 Å². The molecule has 2 heterocycles. The fraction of sp³-hybridized carbons (Fsp3) is 0.353. The van der Waals surface area contributed by atoms with E-state index in [2.05, 4.69) is 10.3 Å². The fourth-order valence-electron chi connectivity index (χ4n) is 2.93. The quantitative estimate of drug-likeness (QED) is 0.702. The van der Waals surface area contributed by atoms with Crippen molar-refractivity contribution in [2.75, 3.05) is 19.7 Å². The van der Waals surface area contributed by atoms with E-state index >= 15 is 0 Å². The summed E-state index contributed by atoms with van der Waals surface area (Å²) in [5, 5.41) is 12.8. The number of amides is 2. The Morgan fingerprint density at radius 1 is 1.29 bits per heavy atom. The number of hydrogen-bond acceptors (Lipinski definition) is 4. The Balaban J connectivity index is 1.75. The fourth-order valence-corrected chi connectivity index (χ4v) is 2.93. The molecule has 3 N–H and O–H groups in total. The number of aromatic nitrogens is 1. The van der Waals surface area contributed by atoms with Gasteiger partial charge in [-0.05, 0) is 37.1 Å². The Morgan fingerprint density at radius 2 is 2.04 bits per heavy atom. The van der Waals surface area contributed by atoms with Crippen LogP contribution < -0.4 is 5.32 Å². The molecule has 1 aromatic carbocycles. The van der Waals surface area contributed by atoms with Crippen molar-refractivity contribution >= 4 is 29.0 Å². The van der Waals surface area contributed by atoms with Crippen molar-refractivity contribution in [2.45, 2.75) is 18.9 Å². The highest BCUT2D eigenvalue weighted by atomic mass is 16.3. The molecule has 0 bridgehead atoms. The summed E-state index contributed by atoms with van der Waals surface area (Å²) >= 11 is 0. The van der Waals surface area contributed by atoms with Crippen LogP contribution in [0.25, 0.3) is 10.9 Å². The first-order valence-electron chi connectivity index (χ1n) is 7.91. The molecule has 0 radical (unpaired) electrons. The van der Waals surface area contributed by atoms with E-state index in [4.69, 9.17) is 0 Å². The summed E-state index contributed by atoms with van der Waals surface area (Å²) in [6.07, 6.45) is 2.63. The van der Waals surface area contributed by atoms with Crippen LogP contribution in [0.5, 0.6) is 0 Å². The highest BCUT2D eigenvalue weighted by Crippen LogP contribution is 2.17. The molecule has 1 fully saturated rings. The van der Waals surface area contributed by atoms with E-state index < -0.39 is 18.6 Å². The minimum Gasteiger partial charge on any atom is -0.394 e. The zero-order valence-corrected chi connectivity index (χ0v) is 13.1. The van der Waals surface area contributed by atoms with Crippen molar-refractivity contribution in [1.82, 2.24) is 15.2 Å². The largest absolute Gasteiger partial charge is 0.394 e. The average Bonchev–Trinajstić information content (AvgIpc) is 3.27. The number of aliphatic hydroxyl groups excluding tert-OH is 1. The molecule has 24 heavy (non-hydrogen) atoms. The number of aldehydes is 1. The van der Waals surface area contributed by atoms with Crippen molar-refractivity contribution in [3.8, 4) is 0 Å². The first-order chi connectivity index (χ1) is 11.6. The highest BCUT2D eigenvalue weighted by molar-refractivity contribution is 6.01. The van der Waals surface area contributed by atoms with Gasteiger partial charge in [0, 0.05) is 29.6 Å². The van der Waals surface area contributed by atoms with Gasteiger partial charge in [-0.15, -0.1) is 0 Å². The monoisotopic (exact) mass is 329 g/mol. The van der Waals surface area contributed by atoms with Crippen LogP contribution >= 0.6 is 0 Å². The SMILES string of the molecule is O=Cc1ccc2[nH]c(C(=O)NC(CO)C(=O)N3CCCC3)cc2c1. The number of nitrogens with one attached hydrogen (secondary N) is 2.